The summed E-state index contributed by atoms with van der Waals surface area (Å²) in [5.41, 5.74) is 1.24. The van der Waals surface area contributed by atoms with Gasteiger partial charge in [0.25, 0.3) is 0 Å². The summed E-state index contributed by atoms with van der Waals surface area (Å²) in [6.45, 7) is 2.06. The predicted molar refractivity (Wildman–Crippen MR) is 79.5 cm³/mol. The van der Waals surface area contributed by atoms with E-state index in [1.807, 2.05) is 48.5 Å². The van der Waals surface area contributed by atoms with Gasteiger partial charge < -0.3 is 9.84 Å². The van der Waals surface area contributed by atoms with E-state index in [2.05, 4.69) is 19.1 Å². The first-order chi connectivity index (χ1) is 9.69. The molecule has 1 N–H and O–H groups in total. The molecule has 20 heavy (non-hydrogen) atoms. The minimum atomic E-state index is -0.858. The van der Waals surface area contributed by atoms with Gasteiger partial charge in [0.05, 0.1) is 6.10 Å². The molecule has 0 spiro atoms. The first kappa shape index (κ1) is 13.3. The maximum Gasteiger partial charge on any atom is 0.104 e. The van der Waals surface area contributed by atoms with Crippen LogP contribution in [0.1, 0.15) is 24.0 Å². The van der Waals surface area contributed by atoms with Gasteiger partial charge in [-0.1, -0.05) is 67.6 Å². The Morgan fingerprint density at radius 3 is 2.05 bits per heavy atom. The second-order valence-electron chi connectivity index (χ2n) is 5.57. The van der Waals surface area contributed by atoms with Crippen molar-refractivity contribution in [1.29, 1.82) is 0 Å². The van der Waals surface area contributed by atoms with Crippen LogP contribution in [0.4, 0.5) is 0 Å². The summed E-state index contributed by atoms with van der Waals surface area (Å²) in [5.74, 6) is 0.0474. The van der Waals surface area contributed by atoms with Crippen LogP contribution < -0.4 is 0 Å². The molecular weight excluding hydrogens is 248 g/mol. The highest BCUT2D eigenvalue weighted by atomic mass is 16.5. The highest BCUT2D eigenvalue weighted by Crippen LogP contribution is 2.57. The maximum atomic E-state index is 11.3. The fraction of sp³-hybridized carbons (Fsp3) is 0.333. The molecule has 1 aliphatic carbocycles. The van der Waals surface area contributed by atoms with Crippen molar-refractivity contribution in [3.63, 3.8) is 0 Å². The molecule has 0 saturated heterocycles. The number of rotatable bonds is 3. The van der Waals surface area contributed by atoms with Crippen molar-refractivity contribution in [3.8, 4) is 0 Å². The molecule has 0 heterocycles. The quantitative estimate of drug-likeness (QED) is 0.925. The zero-order valence-corrected chi connectivity index (χ0v) is 11.9. The molecule has 4 atom stereocenters. The van der Waals surface area contributed by atoms with Crippen molar-refractivity contribution >= 4 is 0 Å². The molecule has 2 heteroatoms. The summed E-state index contributed by atoms with van der Waals surface area (Å²) in [6, 6.07) is 20.1. The Labute approximate surface area is 120 Å². The lowest BCUT2D eigenvalue weighted by molar-refractivity contribution is -0.207. The van der Waals surface area contributed by atoms with Crippen LogP contribution in [0, 0.1) is 5.92 Å². The second-order valence-corrected chi connectivity index (χ2v) is 5.57. The fourth-order valence-corrected chi connectivity index (χ4v) is 3.55. The van der Waals surface area contributed by atoms with Crippen LogP contribution in [0.25, 0.3) is 0 Å². The Bertz CT molecular complexity index is 566. The van der Waals surface area contributed by atoms with Crippen LogP contribution in [0.2, 0.25) is 0 Å². The topological polar surface area (TPSA) is 29.5 Å². The van der Waals surface area contributed by atoms with Crippen LogP contribution in [-0.4, -0.2) is 18.3 Å². The number of aliphatic hydroxyl groups is 1. The van der Waals surface area contributed by atoms with Gasteiger partial charge in [0.2, 0.25) is 0 Å². The first-order valence-electron chi connectivity index (χ1n) is 7.05. The molecule has 1 aliphatic rings. The van der Waals surface area contributed by atoms with E-state index in [-0.39, 0.29) is 17.9 Å². The number of ether oxygens (including phenoxy) is 1. The average molecular weight is 268 g/mol. The summed E-state index contributed by atoms with van der Waals surface area (Å²) in [5, 5.41) is 11.3. The highest BCUT2D eigenvalue weighted by molar-refractivity contribution is 5.38. The molecule has 2 aromatic carbocycles. The molecule has 104 valence electrons. The monoisotopic (exact) mass is 268 g/mol. The largest absolute Gasteiger partial charge is 0.384 e. The third kappa shape index (κ3) is 1.80. The number of hydrogen-bond donors (Lipinski definition) is 1. The maximum absolute atomic E-state index is 11.3. The summed E-state index contributed by atoms with van der Waals surface area (Å²) in [7, 11) is 1.72. The van der Waals surface area contributed by atoms with Crippen molar-refractivity contribution in [2.24, 2.45) is 5.92 Å². The summed E-state index contributed by atoms with van der Waals surface area (Å²) >= 11 is 0. The third-order valence-corrected chi connectivity index (χ3v) is 4.66. The van der Waals surface area contributed by atoms with Gasteiger partial charge in [-0.15, -0.1) is 0 Å². The van der Waals surface area contributed by atoms with Crippen LogP contribution in [-0.2, 0) is 10.3 Å². The Balaban J connectivity index is 2.05. The minimum absolute atomic E-state index is 0.0221. The highest BCUT2D eigenvalue weighted by Gasteiger charge is 2.60. The van der Waals surface area contributed by atoms with E-state index in [4.69, 9.17) is 4.74 Å². The van der Waals surface area contributed by atoms with Gasteiger partial charge in [-0.25, -0.2) is 0 Å². The smallest absolute Gasteiger partial charge is 0.104 e. The van der Waals surface area contributed by atoms with E-state index < -0.39 is 5.60 Å². The van der Waals surface area contributed by atoms with Crippen LogP contribution in [0.5, 0.6) is 0 Å². The lowest BCUT2D eigenvalue weighted by Gasteiger charge is -2.57. The van der Waals surface area contributed by atoms with E-state index >= 15 is 0 Å². The minimum Gasteiger partial charge on any atom is -0.384 e. The Morgan fingerprint density at radius 2 is 1.50 bits per heavy atom. The Morgan fingerprint density at radius 1 is 0.950 bits per heavy atom. The van der Waals surface area contributed by atoms with Crippen molar-refractivity contribution in [1.82, 2.24) is 0 Å². The zero-order valence-electron chi connectivity index (χ0n) is 11.9. The molecule has 0 unspecified atom stereocenters. The molecular formula is C18H20O2. The second kappa shape index (κ2) is 5.04. The number of hydrogen-bond acceptors (Lipinski definition) is 2. The predicted octanol–water partition coefficient (Wildman–Crippen LogP) is 3.32. The van der Waals surface area contributed by atoms with E-state index in [9.17, 15) is 5.11 Å². The number of benzene rings is 2. The van der Waals surface area contributed by atoms with Gasteiger partial charge in [0.15, 0.2) is 0 Å². The van der Waals surface area contributed by atoms with Gasteiger partial charge in [0.1, 0.15) is 5.60 Å². The van der Waals surface area contributed by atoms with Gasteiger partial charge in [-0.2, -0.15) is 0 Å². The Hall–Kier alpha value is -1.64. The molecule has 1 saturated carbocycles. The van der Waals surface area contributed by atoms with Crippen LogP contribution in [0.15, 0.2) is 60.7 Å². The lowest BCUT2D eigenvalue weighted by Crippen LogP contribution is -2.61. The molecule has 2 aromatic rings. The molecule has 0 aromatic heterocycles. The van der Waals surface area contributed by atoms with Gasteiger partial charge >= 0.3 is 0 Å². The van der Waals surface area contributed by atoms with Gasteiger partial charge in [-0.05, 0) is 11.1 Å². The van der Waals surface area contributed by atoms with Crippen molar-refractivity contribution in [2.75, 3.05) is 7.11 Å². The summed E-state index contributed by atoms with van der Waals surface area (Å²) in [6.07, 6.45) is 0.0441. The van der Waals surface area contributed by atoms with Crippen molar-refractivity contribution in [3.05, 3.63) is 71.8 Å². The molecule has 0 aliphatic heterocycles. The van der Waals surface area contributed by atoms with E-state index in [1.165, 1.54) is 0 Å². The van der Waals surface area contributed by atoms with E-state index in [0.29, 0.717) is 0 Å². The van der Waals surface area contributed by atoms with Crippen LogP contribution >= 0.6 is 0 Å². The zero-order chi connectivity index (χ0) is 14.2. The number of methoxy groups -OCH3 is 1. The standard InChI is InChI=1S/C18H20O2/c1-13-17(20-2)16(14-9-5-3-6-10-14)18(13,19)15-11-7-4-8-12-15/h3-13,16-17,19H,1-2H3/t13-,16-,17+,18+/m1/s1. The molecule has 0 radical (unpaired) electrons. The van der Waals surface area contributed by atoms with Crippen molar-refractivity contribution < 1.29 is 9.84 Å². The summed E-state index contributed by atoms with van der Waals surface area (Å²) < 4.78 is 5.62. The average Bonchev–Trinajstić information content (AvgIpc) is 2.52. The summed E-state index contributed by atoms with van der Waals surface area (Å²) in [4.78, 5) is 0. The molecule has 3 rings (SSSR count). The SMILES string of the molecule is CO[C@H]1[C@@H](C)[C@](O)(c2ccccc2)[C@@H]1c1ccccc1. The Kier molecular flexibility index (Phi) is 3.36. The third-order valence-electron chi connectivity index (χ3n) is 4.66. The van der Waals surface area contributed by atoms with Gasteiger partial charge in [0, 0.05) is 18.9 Å². The first-order valence-corrected chi connectivity index (χ1v) is 7.05. The molecule has 0 bridgehead atoms. The molecule has 1 fully saturated rings. The van der Waals surface area contributed by atoms with Crippen LogP contribution in [0.3, 0.4) is 0 Å². The molecule has 0 amide bonds. The van der Waals surface area contributed by atoms with Crippen molar-refractivity contribution in [2.45, 2.75) is 24.5 Å². The normalized spacial score (nSPS) is 32.6. The molecule has 2 nitrogen and oxygen atoms in total. The van der Waals surface area contributed by atoms with E-state index in [1.54, 1.807) is 7.11 Å². The van der Waals surface area contributed by atoms with E-state index in [0.717, 1.165) is 11.1 Å². The van der Waals surface area contributed by atoms with Gasteiger partial charge in [-0.3, -0.25) is 0 Å². The lowest BCUT2D eigenvalue weighted by atomic mass is 9.54. The fourth-order valence-electron chi connectivity index (χ4n) is 3.55.